The van der Waals surface area contributed by atoms with Crippen molar-refractivity contribution in [1.29, 1.82) is 0 Å². The summed E-state index contributed by atoms with van der Waals surface area (Å²) in [6.07, 6.45) is 2.13. The van der Waals surface area contributed by atoms with Crippen LogP contribution in [0.25, 0.3) is 0 Å². The monoisotopic (exact) mass is 350 g/mol. The minimum Gasteiger partial charge on any atom is -0.345 e. The SMILES string of the molecule is CCCc1[nH]c(C2CSCCS2)nc(=S)c1Br. The summed E-state index contributed by atoms with van der Waals surface area (Å²) in [5.41, 5.74) is 1.19. The molecule has 1 saturated heterocycles. The van der Waals surface area contributed by atoms with Crippen LogP contribution in [0, 0.1) is 4.64 Å². The average Bonchev–Trinajstić information content (AvgIpc) is 2.36. The summed E-state index contributed by atoms with van der Waals surface area (Å²) in [5, 5.41) is 0.471. The van der Waals surface area contributed by atoms with Crippen LogP contribution in [0.2, 0.25) is 0 Å². The van der Waals surface area contributed by atoms with Crippen molar-refractivity contribution in [3.63, 3.8) is 0 Å². The fourth-order valence-corrected chi connectivity index (χ4v) is 4.98. The van der Waals surface area contributed by atoms with E-state index in [0.717, 1.165) is 28.9 Å². The van der Waals surface area contributed by atoms with Gasteiger partial charge in [0.05, 0.1) is 9.72 Å². The number of hydrogen-bond acceptors (Lipinski definition) is 4. The maximum absolute atomic E-state index is 5.32. The van der Waals surface area contributed by atoms with Gasteiger partial charge in [0.25, 0.3) is 0 Å². The zero-order valence-corrected chi connectivity index (χ0v) is 13.7. The Balaban J connectivity index is 2.30. The number of thioether (sulfide) groups is 2. The lowest BCUT2D eigenvalue weighted by Gasteiger charge is -2.21. The van der Waals surface area contributed by atoms with Crippen LogP contribution < -0.4 is 0 Å². The number of nitrogens with zero attached hydrogens (tertiary/aromatic N) is 1. The molecule has 6 heteroatoms. The summed E-state index contributed by atoms with van der Waals surface area (Å²) >= 11 is 12.8. The van der Waals surface area contributed by atoms with E-state index in [1.807, 2.05) is 23.5 Å². The second-order valence-corrected chi connectivity index (χ2v) is 7.54. The van der Waals surface area contributed by atoms with Crippen molar-refractivity contribution in [3.8, 4) is 0 Å². The largest absolute Gasteiger partial charge is 0.345 e. The van der Waals surface area contributed by atoms with E-state index in [1.54, 1.807) is 0 Å². The van der Waals surface area contributed by atoms with E-state index in [-0.39, 0.29) is 0 Å². The van der Waals surface area contributed by atoms with E-state index in [1.165, 1.54) is 17.2 Å². The third-order valence-corrected chi connectivity index (χ3v) is 6.75. The van der Waals surface area contributed by atoms with E-state index in [9.17, 15) is 0 Å². The molecule has 1 fully saturated rings. The molecule has 1 aliphatic heterocycles. The smallest absolute Gasteiger partial charge is 0.144 e. The zero-order valence-electron chi connectivity index (χ0n) is 9.66. The highest BCUT2D eigenvalue weighted by molar-refractivity contribution is 9.10. The molecule has 17 heavy (non-hydrogen) atoms. The van der Waals surface area contributed by atoms with Gasteiger partial charge in [-0.3, -0.25) is 0 Å². The molecule has 1 aromatic rings. The van der Waals surface area contributed by atoms with Gasteiger partial charge in [0.2, 0.25) is 0 Å². The molecule has 1 unspecified atom stereocenters. The zero-order chi connectivity index (χ0) is 12.3. The number of aromatic amines is 1. The van der Waals surface area contributed by atoms with Crippen molar-refractivity contribution < 1.29 is 0 Å². The van der Waals surface area contributed by atoms with Crippen molar-refractivity contribution in [2.45, 2.75) is 25.0 Å². The molecule has 2 rings (SSSR count). The molecule has 0 aromatic carbocycles. The van der Waals surface area contributed by atoms with Crippen LogP contribution in [0.4, 0.5) is 0 Å². The molecule has 0 amide bonds. The first-order valence-electron chi connectivity index (χ1n) is 5.70. The number of aromatic nitrogens is 2. The molecule has 1 N–H and O–H groups in total. The third-order valence-electron chi connectivity index (χ3n) is 2.57. The number of hydrogen-bond donors (Lipinski definition) is 1. The van der Waals surface area contributed by atoms with Gasteiger partial charge in [-0.15, -0.1) is 11.8 Å². The molecular formula is C11H15BrN2S3. The summed E-state index contributed by atoms with van der Waals surface area (Å²) in [5.74, 6) is 4.64. The van der Waals surface area contributed by atoms with Crippen molar-refractivity contribution in [2.75, 3.05) is 17.3 Å². The number of halogens is 1. The average molecular weight is 351 g/mol. The van der Waals surface area contributed by atoms with Gasteiger partial charge >= 0.3 is 0 Å². The second kappa shape index (κ2) is 6.59. The van der Waals surface area contributed by atoms with Gasteiger partial charge in [-0.05, 0) is 22.4 Å². The minimum absolute atomic E-state index is 0.471. The van der Waals surface area contributed by atoms with Crippen LogP contribution in [0.5, 0.6) is 0 Å². The first-order chi connectivity index (χ1) is 8.22. The van der Waals surface area contributed by atoms with Gasteiger partial charge in [-0.2, -0.15) is 11.8 Å². The molecule has 0 radical (unpaired) electrons. The first kappa shape index (κ1) is 13.9. The lowest BCUT2D eigenvalue weighted by atomic mass is 10.2. The summed E-state index contributed by atoms with van der Waals surface area (Å²) in [6, 6.07) is 0. The van der Waals surface area contributed by atoms with Gasteiger partial charge in [-0.25, -0.2) is 4.98 Å². The van der Waals surface area contributed by atoms with E-state index in [4.69, 9.17) is 12.2 Å². The van der Waals surface area contributed by atoms with Crippen LogP contribution in [0.1, 0.15) is 30.1 Å². The Hall–Kier alpha value is 0.480. The van der Waals surface area contributed by atoms with Gasteiger partial charge in [0.15, 0.2) is 0 Å². The maximum Gasteiger partial charge on any atom is 0.144 e. The Bertz CT molecular complexity index is 441. The quantitative estimate of drug-likeness (QED) is 0.819. The van der Waals surface area contributed by atoms with E-state index < -0.39 is 0 Å². The Morgan fingerprint density at radius 1 is 1.53 bits per heavy atom. The molecule has 0 saturated carbocycles. The lowest BCUT2D eigenvalue weighted by Crippen LogP contribution is -2.12. The lowest BCUT2D eigenvalue weighted by molar-refractivity contribution is 0.817. The molecule has 2 heterocycles. The fraction of sp³-hybridized carbons (Fsp3) is 0.636. The van der Waals surface area contributed by atoms with E-state index in [0.29, 0.717) is 9.89 Å². The van der Waals surface area contributed by atoms with Crippen LogP contribution in [-0.2, 0) is 6.42 Å². The summed E-state index contributed by atoms with van der Waals surface area (Å²) < 4.78 is 1.66. The van der Waals surface area contributed by atoms with Crippen LogP contribution in [-0.4, -0.2) is 27.2 Å². The molecule has 2 nitrogen and oxygen atoms in total. The van der Waals surface area contributed by atoms with Crippen molar-refractivity contribution >= 4 is 51.7 Å². The predicted octanol–water partition coefficient (Wildman–Crippen LogP) is 4.38. The number of rotatable bonds is 3. The predicted molar refractivity (Wildman–Crippen MR) is 83.6 cm³/mol. The number of nitrogens with one attached hydrogen (secondary N) is 1. The Morgan fingerprint density at radius 2 is 2.35 bits per heavy atom. The first-order valence-corrected chi connectivity index (χ1v) is 9.10. The van der Waals surface area contributed by atoms with Crippen molar-refractivity contribution in [1.82, 2.24) is 9.97 Å². The molecule has 0 spiro atoms. The summed E-state index contributed by atoms with van der Waals surface area (Å²) in [4.78, 5) is 7.98. The van der Waals surface area contributed by atoms with Gasteiger partial charge in [-0.1, -0.05) is 25.6 Å². The number of H-pyrrole nitrogens is 1. The molecular weight excluding hydrogens is 336 g/mol. The summed E-state index contributed by atoms with van der Waals surface area (Å²) in [6.45, 7) is 2.18. The van der Waals surface area contributed by atoms with Crippen LogP contribution >= 0.6 is 51.7 Å². The van der Waals surface area contributed by atoms with E-state index >= 15 is 0 Å². The van der Waals surface area contributed by atoms with Gasteiger partial charge in [0, 0.05) is 23.0 Å². The second-order valence-electron chi connectivity index (χ2n) is 3.90. The molecule has 1 atom stereocenters. The minimum atomic E-state index is 0.471. The van der Waals surface area contributed by atoms with Crippen molar-refractivity contribution in [3.05, 3.63) is 20.6 Å². The Labute approximate surface area is 124 Å². The molecule has 94 valence electrons. The molecule has 1 aliphatic rings. The maximum atomic E-state index is 5.32. The topological polar surface area (TPSA) is 28.7 Å². The standard InChI is InChI=1S/C11H15BrN2S3/c1-2-3-7-9(12)11(15)14-10(13-7)8-6-16-4-5-17-8/h8H,2-6H2,1H3,(H,13,14,15). The van der Waals surface area contributed by atoms with Gasteiger partial charge < -0.3 is 4.98 Å². The third kappa shape index (κ3) is 3.49. The van der Waals surface area contributed by atoms with E-state index in [2.05, 4.69) is 32.8 Å². The Kier molecular flexibility index (Phi) is 5.39. The highest BCUT2D eigenvalue weighted by atomic mass is 79.9. The molecule has 0 bridgehead atoms. The summed E-state index contributed by atoms with van der Waals surface area (Å²) in [7, 11) is 0. The van der Waals surface area contributed by atoms with Crippen LogP contribution in [0.15, 0.2) is 4.47 Å². The Morgan fingerprint density at radius 3 is 3.00 bits per heavy atom. The van der Waals surface area contributed by atoms with Gasteiger partial charge in [0.1, 0.15) is 10.5 Å². The number of aryl methyl sites for hydroxylation is 1. The highest BCUT2D eigenvalue weighted by Crippen LogP contribution is 2.35. The molecule has 1 aromatic heterocycles. The van der Waals surface area contributed by atoms with Crippen molar-refractivity contribution in [2.24, 2.45) is 0 Å². The van der Waals surface area contributed by atoms with Crippen LogP contribution in [0.3, 0.4) is 0 Å². The fourth-order valence-electron chi connectivity index (χ4n) is 1.75. The normalized spacial score (nSPS) is 20.5. The molecule has 0 aliphatic carbocycles. The highest BCUT2D eigenvalue weighted by Gasteiger charge is 2.19.